The van der Waals surface area contributed by atoms with E-state index >= 15 is 0 Å². The molecule has 0 heterocycles. The second kappa shape index (κ2) is 28.4. The minimum atomic E-state index is 0.659. The van der Waals surface area contributed by atoms with Crippen molar-refractivity contribution in [3.8, 4) is 0 Å². The first-order valence-electron chi connectivity index (χ1n) is 10.8. The van der Waals surface area contributed by atoms with E-state index in [4.69, 9.17) is 0 Å². The molecule has 164 valence electrons. The van der Waals surface area contributed by atoms with Crippen molar-refractivity contribution in [2.75, 3.05) is 0 Å². The Morgan fingerprint density at radius 2 is 0.933 bits per heavy atom. The molecule has 0 aliphatic carbocycles. The fourth-order valence-electron chi connectivity index (χ4n) is 1.94. The molecule has 0 N–H and O–H groups in total. The Hall–Kier alpha value is -2.86. The predicted octanol–water partition coefficient (Wildman–Crippen LogP) is 9.77. The van der Waals surface area contributed by atoms with E-state index in [0.29, 0.717) is 5.92 Å². The molecule has 0 amide bonds. The molecule has 0 atom stereocenters. The lowest BCUT2D eigenvalue weighted by Gasteiger charge is -2.01. The van der Waals surface area contributed by atoms with Crippen LogP contribution >= 0.6 is 0 Å². The Kier molecular flexibility index (Phi) is 30.1. The van der Waals surface area contributed by atoms with Crippen molar-refractivity contribution in [2.45, 2.75) is 53.9 Å². The first-order valence-corrected chi connectivity index (χ1v) is 10.8. The van der Waals surface area contributed by atoms with E-state index in [-0.39, 0.29) is 0 Å². The molecule has 30 heavy (non-hydrogen) atoms. The van der Waals surface area contributed by atoms with Crippen LogP contribution in [0.15, 0.2) is 123 Å². The van der Waals surface area contributed by atoms with Gasteiger partial charge in [0, 0.05) is 0 Å². The number of benzene rings is 3. The van der Waals surface area contributed by atoms with Gasteiger partial charge in [-0.3, -0.25) is 0 Å². The van der Waals surface area contributed by atoms with Crippen LogP contribution in [0.5, 0.6) is 0 Å². The normalized spacial score (nSPS) is 7.83. The Morgan fingerprint density at radius 1 is 0.667 bits per heavy atom. The Balaban J connectivity index is -0.000000321. The Labute approximate surface area is 188 Å². The molecule has 0 saturated carbocycles. The van der Waals surface area contributed by atoms with Crippen molar-refractivity contribution < 1.29 is 0 Å². The standard InChI is InChI=1S/C9H12.C8H10.C6H6.C3H6.C2H6.C2H4/c1-8(2)9-6-4-3-5-7-9;1-2-8-6-4-3-5-7-8;1-2-4-6-5-3-1;1-3-2;2*1-2/h3-8H,1-2H3;3-7H,2H2,1H3;1-6H;3H,1H2,2H3;1-2H3;1-2H2. The van der Waals surface area contributed by atoms with Gasteiger partial charge in [0.05, 0.1) is 0 Å². The average Bonchev–Trinajstić information content (AvgIpc) is 2.85. The van der Waals surface area contributed by atoms with Crippen LogP contribution in [0.25, 0.3) is 0 Å². The minimum absolute atomic E-state index is 0.659. The molecule has 0 spiro atoms. The van der Waals surface area contributed by atoms with Gasteiger partial charge in [0.25, 0.3) is 0 Å². The van der Waals surface area contributed by atoms with Gasteiger partial charge in [0.15, 0.2) is 0 Å². The van der Waals surface area contributed by atoms with Crippen molar-refractivity contribution in [1.29, 1.82) is 0 Å². The zero-order chi connectivity index (χ0) is 23.5. The summed E-state index contributed by atoms with van der Waals surface area (Å²) in [5, 5.41) is 0. The highest BCUT2D eigenvalue weighted by molar-refractivity contribution is 5.17. The molecule has 3 rings (SSSR count). The van der Waals surface area contributed by atoms with Crippen molar-refractivity contribution in [3.63, 3.8) is 0 Å². The van der Waals surface area contributed by atoms with Crippen LogP contribution in [0, 0.1) is 0 Å². The SMILES string of the molecule is C=C.C=CC.CC.CC(C)c1ccccc1.CCc1ccccc1.c1ccccc1. The third-order valence-electron chi connectivity index (χ3n) is 3.38. The van der Waals surface area contributed by atoms with Crippen molar-refractivity contribution in [3.05, 3.63) is 134 Å². The third-order valence-corrected chi connectivity index (χ3v) is 3.38. The number of rotatable bonds is 2. The van der Waals surface area contributed by atoms with Crippen LogP contribution in [0.2, 0.25) is 0 Å². The van der Waals surface area contributed by atoms with Crippen LogP contribution in [-0.2, 0) is 6.42 Å². The van der Waals surface area contributed by atoms with E-state index in [9.17, 15) is 0 Å². The van der Waals surface area contributed by atoms with Gasteiger partial charge < -0.3 is 0 Å². The zero-order valence-electron chi connectivity index (χ0n) is 20.2. The summed E-state index contributed by atoms with van der Waals surface area (Å²) in [7, 11) is 0. The summed E-state index contributed by atoms with van der Waals surface area (Å²) in [5.74, 6) is 0.659. The molecule has 0 heteroatoms. The molecule has 0 aliphatic rings. The van der Waals surface area contributed by atoms with E-state index in [2.05, 4.69) is 89.0 Å². The highest BCUT2D eigenvalue weighted by Gasteiger charge is 1.93. The fraction of sp³-hybridized carbons (Fsp3) is 0.267. The Bertz CT molecular complexity index is 613. The summed E-state index contributed by atoms with van der Waals surface area (Å²) in [6, 6.07) is 33.0. The maximum Gasteiger partial charge on any atom is -0.0219 e. The van der Waals surface area contributed by atoms with E-state index in [1.165, 1.54) is 11.1 Å². The molecule has 0 radical (unpaired) electrons. The average molecular weight is 405 g/mol. The van der Waals surface area contributed by atoms with Crippen LogP contribution in [-0.4, -0.2) is 0 Å². The summed E-state index contributed by atoms with van der Waals surface area (Å²) in [6.45, 7) is 21.8. The van der Waals surface area contributed by atoms with Gasteiger partial charge in [-0.15, -0.1) is 19.7 Å². The van der Waals surface area contributed by atoms with Crippen LogP contribution < -0.4 is 0 Å². The summed E-state index contributed by atoms with van der Waals surface area (Å²) < 4.78 is 0. The van der Waals surface area contributed by atoms with Gasteiger partial charge in [-0.2, -0.15) is 0 Å². The van der Waals surface area contributed by atoms with Gasteiger partial charge in [0.2, 0.25) is 0 Å². The summed E-state index contributed by atoms with van der Waals surface area (Å²) in [5.41, 5.74) is 2.82. The van der Waals surface area contributed by atoms with Crippen molar-refractivity contribution >= 4 is 0 Å². The lowest BCUT2D eigenvalue weighted by Crippen LogP contribution is -1.83. The summed E-state index contributed by atoms with van der Waals surface area (Å²) in [4.78, 5) is 0. The van der Waals surface area contributed by atoms with Gasteiger partial charge in [0.1, 0.15) is 0 Å². The molecular weight excluding hydrogens is 360 g/mol. The second-order valence-corrected chi connectivity index (χ2v) is 5.97. The summed E-state index contributed by atoms with van der Waals surface area (Å²) >= 11 is 0. The molecule has 0 bridgehead atoms. The fourth-order valence-corrected chi connectivity index (χ4v) is 1.94. The molecule has 0 unspecified atom stereocenters. The zero-order valence-corrected chi connectivity index (χ0v) is 20.2. The summed E-state index contributed by atoms with van der Waals surface area (Å²) in [6.07, 6.45) is 2.89. The molecule has 0 nitrogen and oxygen atoms in total. The topological polar surface area (TPSA) is 0 Å². The molecule has 3 aromatic rings. The number of hydrogen-bond donors (Lipinski definition) is 0. The molecular formula is C30H44. The smallest absolute Gasteiger partial charge is 0.0219 e. The third kappa shape index (κ3) is 23.2. The highest BCUT2D eigenvalue weighted by atomic mass is 14.0. The van der Waals surface area contributed by atoms with E-state index < -0.39 is 0 Å². The molecule has 0 fully saturated rings. The van der Waals surface area contributed by atoms with E-state index in [1.54, 1.807) is 6.08 Å². The highest BCUT2D eigenvalue weighted by Crippen LogP contribution is 2.11. The van der Waals surface area contributed by atoms with Crippen LogP contribution in [0.4, 0.5) is 0 Å². The molecule has 3 aromatic carbocycles. The number of allylic oxidation sites excluding steroid dienone is 1. The van der Waals surface area contributed by atoms with Gasteiger partial charge in [-0.1, -0.05) is 138 Å². The van der Waals surface area contributed by atoms with Crippen LogP contribution in [0.1, 0.15) is 58.6 Å². The lowest BCUT2D eigenvalue weighted by molar-refractivity contribution is 0.867. The number of aryl methyl sites for hydroxylation is 1. The van der Waals surface area contributed by atoms with Gasteiger partial charge >= 0.3 is 0 Å². The first-order chi connectivity index (χ1) is 14.7. The van der Waals surface area contributed by atoms with E-state index in [0.717, 1.165) is 6.42 Å². The lowest BCUT2D eigenvalue weighted by atomic mass is 10.0. The largest absolute Gasteiger partial charge is 0.106 e. The van der Waals surface area contributed by atoms with Crippen molar-refractivity contribution in [2.24, 2.45) is 0 Å². The quantitative estimate of drug-likeness (QED) is 0.373. The number of hydrogen-bond acceptors (Lipinski definition) is 0. The molecule has 0 saturated heterocycles. The molecule has 0 aromatic heterocycles. The van der Waals surface area contributed by atoms with Gasteiger partial charge in [-0.25, -0.2) is 0 Å². The van der Waals surface area contributed by atoms with Gasteiger partial charge in [-0.05, 0) is 30.4 Å². The maximum absolute atomic E-state index is 3.36. The Morgan fingerprint density at radius 3 is 1.13 bits per heavy atom. The maximum atomic E-state index is 3.36. The minimum Gasteiger partial charge on any atom is -0.106 e. The predicted molar refractivity (Wildman–Crippen MR) is 141 cm³/mol. The van der Waals surface area contributed by atoms with Crippen molar-refractivity contribution in [1.82, 2.24) is 0 Å². The monoisotopic (exact) mass is 404 g/mol. The second-order valence-electron chi connectivity index (χ2n) is 5.97. The van der Waals surface area contributed by atoms with Crippen LogP contribution in [0.3, 0.4) is 0 Å². The molecule has 0 aliphatic heterocycles. The first kappa shape index (κ1) is 31.8. The van der Waals surface area contributed by atoms with E-state index in [1.807, 2.05) is 69.3 Å².